The molecule has 3 heterocycles. The zero-order valence-electron chi connectivity index (χ0n) is 22.8. The van der Waals surface area contributed by atoms with Crippen LogP contribution in [0.15, 0.2) is 54.4 Å². The van der Waals surface area contributed by atoms with E-state index in [1.54, 1.807) is 12.3 Å². The predicted octanol–water partition coefficient (Wildman–Crippen LogP) is 4.71. The van der Waals surface area contributed by atoms with Crippen molar-refractivity contribution in [3.8, 4) is 0 Å². The maximum atomic E-state index is 14.2. The Balaban J connectivity index is 1.64. The number of halogens is 2. The minimum absolute atomic E-state index is 0.308. The van der Waals surface area contributed by atoms with Gasteiger partial charge in [0.05, 0.1) is 23.0 Å². The van der Waals surface area contributed by atoms with Crippen molar-refractivity contribution in [2.24, 2.45) is 0 Å². The number of aliphatic hydroxyl groups is 2. The van der Waals surface area contributed by atoms with Gasteiger partial charge < -0.3 is 20.4 Å². The molecule has 0 aliphatic carbocycles. The molecule has 4 rings (SSSR count). The molecule has 0 saturated carbocycles. The van der Waals surface area contributed by atoms with Crippen LogP contribution < -0.4 is 10.2 Å². The van der Waals surface area contributed by atoms with Crippen molar-refractivity contribution in [1.29, 1.82) is 0 Å². The third-order valence-electron chi connectivity index (χ3n) is 6.62. The van der Waals surface area contributed by atoms with Crippen LogP contribution in [0.1, 0.15) is 51.5 Å². The number of nitrogens with one attached hydrogen (secondary N) is 1. The molecule has 1 fully saturated rings. The Kier molecular flexibility index (Phi) is 8.89. The highest BCUT2D eigenvalue weighted by atomic mass is 19.1. The topological polar surface area (TPSA) is 97.6 Å². The molecule has 0 radical (unpaired) electrons. The van der Waals surface area contributed by atoms with Crippen LogP contribution in [0.25, 0.3) is 11.0 Å². The number of anilines is 2. The largest absolute Gasteiger partial charge is 0.387 e. The summed E-state index contributed by atoms with van der Waals surface area (Å²) in [6.45, 7) is 9.99. The van der Waals surface area contributed by atoms with E-state index in [-0.39, 0.29) is 0 Å². The zero-order valence-corrected chi connectivity index (χ0v) is 22.8. The number of hydrogen-bond acceptors (Lipinski definition) is 8. The van der Waals surface area contributed by atoms with Gasteiger partial charge in [-0.15, -0.1) is 0 Å². The quantitative estimate of drug-likeness (QED) is 0.337. The first-order chi connectivity index (χ1) is 18.6. The van der Waals surface area contributed by atoms with Crippen LogP contribution in [0, 0.1) is 11.6 Å². The van der Waals surface area contributed by atoms with Gasteiger partial charge in [0.15, 0.2) is 11.6 Å². The van der Waals surface area contributed by atoms with Crippen LogP contribution in [0.3, 0.4) is 0 Å². The standard InChI is InChI=1S/C29H36F2N6O2/c1-5-7-21(8-6-2)33-27-28(35-23-16-24(26(38)29(3,4)39)32-17-25(23)34-27)37-13-11-36(12-14-37)18-19-9-10-20(30)15-22(19)31/h5,7-10,15-17,26,38-39H,6,11-14,18H2,1-4H3,(H,33,34)/b7-5-,21-8+. The maximum Gasteiger partial charge on any atom is 0.174 e. The molecular formula is C29H36F2N6O2. The van der Waals surface area contributed by atoms with Crippen LogP contribution in [0.5, 0.6) is 0 Å². The van der Waals surface area contributed by atoms with E-state index in [1.807, 2.05) is 19.1 Å². The van der Waals surface area contributed by atoms with Crippen LogP contribution in [0.4, 0.5) is 20.4 Å². The predicted molar refractivity (Wildman–Crippen MR) is 149 cm³/mol. The van der Waals surface area contributed by atoms with Crippen LogP contribution in [0.2, 0.25) is 0 Å². The zero-order chi connectivity index (χ0) is 28.2. The second-order valence-electron chi connectivity index (χ2n) is 10.2. The van der Waals surface area contributed by atoms with Crippen molar-refractivity contribution in [1.82, 2.24) is 19.9 Å². The van der Waals surface area contributed by atoms with Gasteiger partial charge in [0, 0.05) is 50.1 Å². The number of nitrogens with zero attached hydrogens (tertiary/aromatic N) is 5. The summed E-state index contributed by atoms with van der Waals surface area (Å²) in [5.74, 6) is 0.104. The second-order valence-corrected chi connectivity index (χ2v) is 10.2. The van der Waals surface area contributed by atoms with Crippen molar-refractivity contribution in [3.63, 3.8) is 0 Å². The Bertz CT molecular complexity index is 1360. The van der Waals surface area contributed by atoms with Crippen LogP contribution >= 0.6 is 0 Å². The highest BCUT2D eigenvalue weighted by molar-refractivity contribution is 5.81. The fourth-order valence-electron chi connectivity index (χ4n) is 4.49. The third-order valence-corrected chi connectivity index (χ3v) is 6.62. The molecule has 1 aliphatic heterocycles. The Morgan fingerprint density at radius 2 is 1.87 bits per heavy atom. The first-order valence-electron chi connectivity index (χ1n) is 13.2. The average molecular weight is 539 g/mol. The van der Waals surface area contributed by atoms with Crippen molar-refractivity contribution in [2.45, 2.75) is 52.4 Å². The molecule has 2 aromatic heterocycles. The molecule has 1 aromatic carbocycles. The summed E-state index contributed by atoms with van der Waals surface area (Å²) in [7, 11) is 0. The molecule has 1 aliphatic rings. The molecule has 3 N–H and O–H groups in total. The van der Waals surface area contributed by atoms with Gasteiger partial charge in [0.1, 0.15) is 23.3 Å². The molecule has 39 heavy (non-hydrogen) atoms. The monoisotopic (exact) mass is 538 g/mol. The van der Waals surface area contributed by atoms with Crippen molar-refractivity contribution < 1.29 is 19.0 Å². The lowest BCUT2D eigenvalue weighted by Gasteiger charge is -2.36. The van der Waals surface area contributed by atoms with Crippen molar-refractivity contribution in [3.05, 3.63) is 77.3 Å². The van der Waals surface area contributed by atoms with Gasteiger partial charge in [-0.1, -0.05) is 25.1 Å². The van der Waals surface area contributed by atoms with E-state index in [9.17, 15) is 19.0 Å². The molecular weight excluding hydrogens is 502 g/mol. The molecule has 1 saturated heterocycles. The molecule has 8 nitrogen and oxygen atoms in total. The van der Waals surface area contributed by atoms with Crippen LogP contribution in [-0.4, -0.2) is 61.8 Å². The van der Waals surface area contributed by atoms with Crippen molar-refractivity contribution in [2.75, 3.05) is 36.4 Å². The summed E-state index contributed by atoms with van der Waals surface area (Å²) in [4.78, 5) is 18.3. The number of piperazine rings is 1. The number of pyridine rings is 1. The fraction of sp³-hybridized carbons (Fsp3) is 0.414. The highest BCUT2D eigenvalue weighted by Gasteiger charge is 2.28. The van der Waals surface area contributed by atoms with Crippen molar-refractivity contribution >= 4 is 22.7 Å². The lowest BCUT2D eigenvalue weighted by Crippen LogP contribution is -2.46. The minimum Gasteiger partial charge on any atom is -0.387 e. The Hall–Kier alpha value is -3.47. The lowest BCUT2D eigenvalue weighted by atomic mass is 9.98. The second kappa shape index (κ2) is 12.1. The fourth-order valence-corrected chi connectivity index (χ4v) is 4.49. The number of fused-ring (bicyclic) bond motifs is 1. The summed E-state index contributed by atoms with van der Waals surface area (Å²) in [5.41, 5.74) is 1.39. The number of allylic oxidation sites excluding steroid dienone is 3. The molecule has 0 spiro atoms. The SMILES string of the molecule is C/C=C\C(=C/CC)Nc1nc2cnc(C(O)C(C)(C)O)cc2nc1N1CCN(Cc2ccc(F)cc2F)CC1. The van der Waals surface area contributed by atoms with Crippen LogP contribution in [-0.2, 0) is 6.54 Å². The number of hydrogen-bond donors (Lipinski definition) is 3. The van der Waals surface area contributed by atoms with E-state index < -0.39 is 23.3 Å². The number of benzene rings is 1. The van der Waals surface area contributed by atoms with Gasteiger partial charge in [-0.25, -0.2) is 18.7 Å². The van der Waals surface area contributed by atoms with E-state index in [4.69, 9.17) is 9.97 Å². The number of aromatic nitrogens is 3. The van der Waals surface area contributed by atoms with Gasteiger partial charge in [0.2, 0.25) is 0 Å². The number of aliphatic hydroxyl groups excluding tert-OH is 1. The van der Waals surface area contributed by atoms with E-state index in [0.717, 1.165) is 18.2 Å². The summed E-state index contributed by atoms with van der Waals surface area (Å²) >= 11 is 0. The van der Waals surface area contributed by atoms with Gasteiger partial charge in [-0.3, -0.25) is 9.88 Å². The smallest absolute Gasteiger partial charge is 0.174 e. The van der Waals surface area contributed by atoms with E-state index in [2.05, 4.69) is 33.1 Å². The first kappa shape index (κ1) is 28.5. The molecule has 0 bridgehead atoms. The Labute approximate surface area is 227 Å². The molecule has 1 unspecified atom stereocenters. The molecule has 3 aromatic rings. The summed E-state index contributed by atoms with van der Waals surface area (Å²) in [5, 5.41) is 24.2. The highest BCUT2D eigenvalue weighted by Crippen LogP contribution is 2.30. The van der Waals surface area contributed by atoms with Gasteiger partial charge >= 0.3 is 0 Å². The molecule has 208 valence electrons. The first-order valence-corrected chi connectivity index (χ1v) is 13.2. The van der Waals surface area contributed by atoms with E-state index in [0.29, 0.717) is 66.7 Å². The normalized spacial score (nSPS) is 16.3. The summed E-state index contributed by atoms with van der Waals surface area (Å²) in [6.07, 6.45) is 7.18. The Morgan fingerprint density at radius 3 is 2.51 bits per heavy atom. The lowest BCUT2D eigenvalue weighted by molar-refractivity contribution is -0.0516. The van der Waals surface area contributed by atoms with Gasteiger partial charge in [-0.05, 0) is 45.4 Å². The molecule has 0 amide bonds. The summed E-state index contributed by atoms with van der Waals surface area (Å²) < 4.78 is 27.5. The average Bonchev–Trinajstić information content (AvgIpc) is 2.89. The number of rotatable bonds is 9. The third kappa shape index (κ3) is 6.95. The Morgan fingerprint density at radius 1 is 1.13 bits per heavy atom. The maximum absolute atomic E-state index is 14.2. The minimum atomic E-state index is -1.37. The molecule has 10 heteroatoms. The van der Waals surface area contributed by atoms with Gasteiger partial charge in [-0.2, -0.15) is 0 Å². The van der Waals surface area contributed by atoms with E-state index in [1.165, 1.54) is 26.0 Å². The molecule has 1 atom stereocenters. The summed E-state index contributed by atoms with van der Waals surface area (Å²) in [6, 6.07) is 5.34. The van der Waals surface area contributed by atoms with Gasteiger partial charge in [0.25, 0.3) is 0 Å². The van der Waals surface area contributed by atoms with E-state index >= 15 is 0 Å².